The zero-order valence-corrected chi connectivity index (χ0v) is 13.0. The third-order valence-corrected chi connectivity index (χ3v) is 4.56. The monoisotopic (exact) mass is 327 g/mol. The van der Waals surface area contributed by atoms with Crippen molar-refractivity contribution < 1.29 is 13.2 Å². The molecule has 0 fully saturated rings. The largest absolute Gasteiger partial charge is 0.296 e. The van der Waals surface area contributed by atoms with Gasteiger partial charge in [-0.15, -0.1) is 0 Å². The molecular weight excluding hydrogens is 314 g/mol. The Balaban J connectivity index is 2.16. The molecule has 0 aliphatic heterocycles. The summed E-state index contributed by atoms with van der Waals surface area (Å²) in [6, 6.07) is 9.98. The zero-order chi connectivity index (χ0) is 16.4. The second kappa shape index (κ2) is 5.77. The summed E-state index contributed by atoms with van der Waals surface area (Å²) in [5.74, 6) is 0. The van der Waals surface area contributed by atoms with Crippen LogP contribution in [0.25, 0.3) is 22.4 Å². The normalized spacial score (nSPS) is 11.3. The maximum atomic E-state index is 11.6. The molecule has 0 radical (unpaired) electrons. The smallest absolute Gasteiger partial charge is 0.175 e. The lowest BCUT2D eigenvalue weighted by atomic mass is 10.0. The highest BCUT2D eigenvalue weighted by Crippen LogP contribution is 2.32. The average Bonchev–Trinajstić information content (AvgIpc) is 2.99. The van der Waals surface area contributed by atoms with Gasteiger partial charge in [0.25, 0.3) is 0 Å². The van der Waals surface area contributed by atoms with Gasteiger partial charge in [0.2, 0.25) is 0 Å². The van der Waals surface area contributed by atoms with Crippen molar-refractivity contribution in [2.24, 2.45) is 0 Å². The summed E-state index contributed by atoms with van der Waals surface area (Å²) in [5.41, 5.74) is 3.03. The molecule has 2 aromatic heterocycles. The SMILES string of the molecule is CS(=O)(=O)c1ccc(-c2c(C=O)n[nH]c2-c2cccnc2)cc1. The van der Waals surface area contributed by atoms with E-state index in [1.165, 1.54) is 12.1 Å². The minimum absolute atomic E-state index is 0.223. The van der Waals surface area contributed by atoms with Gasteiger partial charge in [0.05, 0.1) is 10.6 Å². The molecule has 6 nitrogen and oxygen atoms in total. The third kappa shape index (κ3) is 2.91. The third-order valence-electron chi connectivity index (χ3n) is 3.43. The van der Waals surface area contributed by atoms with E-state index in [2.05, 4.69) is 15.2 Å². The molecule has 0 amide bonds. The lowest BCUT2D eigenvalue weighted by Gasteiger charge is -2.05. The first kappa shape index (κ1) is 15.1. The van der Waals surface area contributed by atoms with Gasteiger partial charge < -0.3 is 0 Å². The van der Waals surface area contributed by atoms with E-state index in [1.807, 2.05) is 6.07 Å². The van der Waals surface area contributed by atoms with Gasteiger partial charge in [-0.05, 0) is 29.8 Å². The summed E-state index contributed by atoms with van der Waals surface area (Å²) in [5, 5.41) is 6.86. The molecule has 1 N–H and O–H groups in total. The Kier molecular flexibility index (Phi) is 3.79. The number of aldehydes is 1. The van der Waals surface area contributed by atoms with Gasteiger partial charge in [-0.2, -0.15) is 5.10 Å². The highest BCUT2D eigenvalue weighted by Gasteiger charge is 2.17. The lowest BCUT2D eigenvalue weighted by Crippen LogP contribution is -1.96. The summed E-state index contributed by atoms with van der Waals surface area (Å²) in [7, 11) is -3.27. The molecule has 0 aliphatic carbocycles. The Labute approximate surface area is 133 Å². The number of aromatic amines is 1. The number of carbonyl (C=O) groups excluding carboxylic acids is 1. The molecule has 7 heteroatoms. The zero-order valence-electron chi connectivity index (χ0n) is 12.2. The summed E-state index contributed by atoms with van der Waals surface area (Å²) >= 11 is 0. The van der Waals surface area contributed by atoms with Crippen LogP contribution in [0.2, 0.25) is 0 Å². The van der Waals surface area contributed by atoms with E-state index in [0.717, 1.165) is 11.8 Å². The number of aromatic nitrogens is 3. The van der Waals surface area contributed by atoms with Crippen molar-refractivity contribution in [3.05, 3.63) is 54.5 Å². The quantitative estimate of drug-likeness (QED) is 0.743. The van der Waals surface area contributed by atoms with E-state index in [1.54, 1.807) is 30.6 Å². The molecule has 0 spiro atoms. The molecule has 0 atom stereocenters. The van der Waals surface area contributed by atoms with Crippen LogP contribution in [-0.4, -0.2) is 36.1 Å². The minimum Gasteiger partial charge on any atom is -0.296 e. The highest BCUT2D eigenvalue weighted by molar-refractivity contribution is 7.90. The number of sulfone groups is 1. The van der Waals surface area contributed by atoms with Crippen molar-refractivity contribution in [3.63, 3.8) is 0 Å². The first-order valence-corrected chi connectivity index (χ1v) is 8.64. The summed E-state index contributed by atoms with van der Waals surface area (Å²) < 4.78 is 23.1. The van der Waals surface area contributed by atoms with Gasteiger partial charge in [-0.1, -0.05) is 12.1 Å². The molecule has 0 aliphatic rings. The lowest BCUT2D eigenvalue weighted by molar-refractivity contribution is 0.111. The van der Waals surface area contributed by atoms with Crippen LogP contribution < -0.4 is 0 Å². The molecule has 0 unspecified atom stereocenters. The van der Waals surface area contributed by atoms with Gasteiger partial charge in [-0.3, -0.25) is 14.9 Å². The Morgan fingerprint density at radius 2 is 1.83 bits per heavy atom. The molecule has 0 bridgehead atoms. The number of hydrogen-bond donors (Lipinski definition) is 1. The molecule has 3 rings (SSSR count). The number of nitrogens with one attached hydrogen (secondary N) is 1. The van der Waals surface area contributed by atoms with Gasteiger partial charge in [0.15, 0.2) is 16.1 Å². The standard InChI is InChI=1S/C16H13N3O3S/c1-23(21,22)13-6-4-11(5-7-13)15-14(10-20)18-19-16(15)12-3-2-8-17-9-12/h2-10H,1H3,(H,18,19). The van der Waals surface area contributed by atoms with Crippen molar-refractivity contribution in [1.82, 2.24) is 15.2 Å². The molecule has 3 aromatic rings. The first-order chi connectivity index (χ1) is 11.0. The number of rotatable bonds is 4. The fourth-order valence-electron chi connectivity index (χ4n) is 2.32. The molecule has 2 heterocycles. The van der Waals surface area contributed by atoms with E-state index >= 15 is 0 Å². The molecule has 23 heavy (non-hydrogen) atoms. The van der Waals surface area contributed by atoms with E-state index in [9.17, 15) is 13.2 Å². The van der Waals surface area contributed by atoms with Crippen LogP contribution in [0, 0.1) is 0 Å². The minimum atomic E-state index is -3.27. The van der Waals surface area contributed by atoms with Gasteiger partial charge in [0, 0.05) is 29.8 Å². The van der Waals surface area contributed by atoms with E-state index in [-0.39, 0.29) is 10.6 Å². The van der Waals surface area contributed by atoms with Crippen molar-refractivity contribution in [2.45, 2.75) is 4.90 Å². The van der Waals surface area contributed by atoms with Crippen LogP contribution in [-0.2, 0) is 9.84 Å². The fourth-order valence-corrected chi connectivity index (χ4v) is 2.95. The maximum Gasteiger partial charge on any atom is 0.175 e. The van der Waals surface area contributed by atoms with E-state index < -0.39 is 9.84 Å². The number of carbonyl (C=O) groups is 1. The summed E-state index contributed by atoms with van der Waals surface area (Å²) in [6.07, 6.45) is 5.13. The number of nitrogens with zero attached hydrogens (tertiary/aromatic N) is 2. The first-order valence-electron chi connectivity index (χ1n) is 6.75. The Morgan fingerprint density at radius 3 is 2.39 bits per heavy atom. The van der Waals surface area contributed by atoms with Crippen LogP contribution in [0.3, 0.4) is 0 Å². The Bertz CT molecular complexity index is 946. The Hall–Kier alpha value is -2.80. The van der Waals surface area contributed by atoms with Crippen LogP contribution in [0.15, 0.2) is 53.7 Å². The predicted octanol–water partition coefficient (Wildman–Crippen LogP) is 2.35. The maximum absolute atomic E-state index is 11.6. The topological polar surface area (TPSA) is 92.8 Å². The number of pyridine rings is 1. The molecular formula is C16H13N3O3S. The van der Waals surface area contributed by atoms with Gasteiger partial charge in [0.1, 0.15) is 5.69 Å². The fraction of sp³-hybridized carbons (Fsp3) is 0.0625. The van der Waals surface area contributed by atoms with E-state index in [4.69, 9.17) is 0 Å². The number of H-pyrrole nitrogens is 1. The summed E-state index contributed by atoms with van der Waals surface area (Å²) in [6.45, 7) is 0. The van der Waals surface area contributed by atoms with Crippen molar-refractivity contribution in [2.75, 3.05) is 6.26 Å². The Morgan fingerprint density at radius 1 is 1.09 bits per heavy atom. The summed E-state index contributed by atoms with van der Waals surface area (Å²) in [4.78, 5) is 15.6. The number of hydrogen-bond acceptors (Lipinski definition) is 5. The van der Waals surface area contributed by atoms with Gasteiger partial charge >= 0.3 is 0 Å². The highest BCUT2D eigenvalue weighted by atomic mass is 32.2. The van der Waals surface area contributed by atoms with Crippen molar-refractivity contribution >= 4 is 16.1 Å². The van der Waals surface area contributed by atoms with E-state index in [0.29, 0.717) is 23.1 Å². The van der Waals surface area contributed by atoms with Crippen LogP contribution in [0.5, 0.6) is 0 Å². The second-order valence-corrected chi connectivity index (χ2v) is 7.03. The average molecular weight is 327 g/mol. The number of benzene rings is 1. The van der Waals surface area contributed by atoms with Crippen molar-refractivity contribution in [1.29, 1.82) is 0 Å². The van der Waals surface area contributed by atoms with Crippen LogP contribution in [0.4, 0.5) is 0 Å². The molecule has 1 aromatic carbocycles. The second-order valence-electron chi connectivity index (χ2n) is 5.01. The van der Waals surface area contributed by atoms with Crippen LogP contribution >= 0.6 is 0 Å². The van der Waals surface area contributed by atoms with Crippen molar-refractivity contribution in [3.8, 4) is 22.4 Å². The van der Waals surface area contributed by atoms with Gasteiger partial charge in [-0.25, -0.2) is 8.42 Å². The predicted molar refractivity (Wildman–Crippen MR) is 85.8 cm³/mol. The molecule has 116 valence electrons. The molecule has 0 saturated heterocycles. The van der Waals surface area contributed by atoms with Crippen LogP contribution in [0.1, 0.15) is 10.5 Å². The molecule has 0 saturated carbocycles.